The molecule has 0 unspecified atom stereocenters. The van der Waals surface area contributed by atoms with Crippen molar-refractivity contribution in [3.8, 4) is 0 Å². The molecular formula is C28H23N9O7S2. The van der Waals surface area contributed by atoms with Crippen LogP contribution < -0.4 is 22.6 Å². The number of Topliss-reactive ketones (excluding diaryl/α,β-unsaturated/α-hetero) is 1. The van der Waals surface area contributed by atoms with Crippen LogP contribution in [0.5, 0.6) is 0 Å². The van der Waals surface area contributed by atoms with Gasteiger partial charge in [-0.2, -0.15) is 32.2 Å². The molecule has 9 N–H and O–H groups in total. The van der Waals surface area contributed by atoms with Gasteiger partial charge in [0.15, 0.2) is 5.71 Å². The highest BCUT2D eigenvalue weighted by Crippen LogP contribution is 2.41. The Bertz CT molecular complexity index is 2220. The standard InChI is InChI=1S/C28H23N9O7S2/c29-16-6-11-21(20(30)14-16)35-32-18-7-9-19(10-8-18)34-36-26-22(45(39,40)41)12-15-13-23(46(42,43)44)27(28(38)24(15)25(26)31)37-33-17-4-2-1-3-5-17/h1-14,33H,29-31H2,(H,39,40,41)(H,42,43,44)/b35-32?,36-34?,37-27-. The minimum Gasteiger partial charge on any atom is -0.399 e. The molecule has 0 bridgehead atoms. The highest BCUT2D eigenvalue weighted by molar-refractivity contribution is 7.91. The fourth-order valence-electron chi connectivity index (χ4n) is 4.20. The third-order valence-electron chi connectivity index (χ3n) is 6.36. The lowest BCUT2D eigenvalue weighted by Crippen LogP contribution is -2.28. The minimum absolute atomic E-state index is 0.193. The van der Waals surface area contributed by atoms with Crippen molar-refractivity contribution in [3.05, 3.63) is 94.9 Å². The minimum atomic E-state index is -5.05. The number of hydrazone groups is 1. The molecule has 0 amide bonds. The van der Waals surface area contributed by atoms with Gasteiger partial charge in [0.05, 0.1) is 34.0 Å². The number of carbonyl (C=O) groups is 1. The first-order chi connectivity index (χ1) is 21.7. The Labute approximate surface area is 261 Å². The number of anilines is 4. The van der Waals surface area contributed by atoms with Crippen LogP contribution in [0.15, 0.2) is 114 Å². The van der Waals surface area contributed by atoms with E-state index in [2.05, 4.69) is 31.0 Å². The average Bonchev–Trinajstić information content (AvgIpc) is 2.99. The van der Waals surface area contributed by atoms with E-state index in [1.807, 2.05) is 0 Å². The highest BCUT2D eigenvalue weighted by Gasteiger charge is 2.37. The number of carbonyl (C=O) groups excluding carboxylic acids is 1. The number of rotatable bonds is 8. The molecule has 0 aromatic heterocycles. The zero-order chi connectivity index (χ0) is 33.2. The number of allylic oxidation sites excluding steroid dienone is 1. The number of fused-ring (bicyclic) bond motifs is 1. The number of nitrogens with zero attached hydrogens (tertiary/aromatic N) is 5. The molecule has 234 valence electrons. The molecule has 18 heteroatoms. The van der Waals surface area contributed by atoms with Crippen LogP contribution in [-0.4, -0.2) is 37.4 Å². The predicted molar refractivity (Wildman–Crippen MR) is 172 cm³/mol. The van der Waals surface area contributed by atoms with Crippen LogP contribution in [0.2, 0.25) is 0 Å². The van der Waals surface area contributed by atoms with Gasteiger partial charge in [0, 0.05) is 5.69 Å². The summed E-state index contributed by atoms with van der Waals surface area (Å²) in [4.78, 5) is 11.8. The van der Waals surface area contributed by atoms with Gasteiger partial charge in [0.2, 0.25) is 5.78 Å². The van der Waals surface area contributed by atoms with E-state index in [-0.39, 0.29) is 16.8 Å². The molecule has 0 spiro atoms. The lowest BCUT2D eigenvalue weighted by Gasteiger charge is -2.20. The second-order valence-electron chi connectivity index (χ2n) is 9.56. The first-order valence-corrected chi connectivity index (χ1v) is 15.8. The van der Waals surface area contributed by atoms with Crippen LogP contribution in [0.3, 0.4) is 0 Å². The largest absolute Gasteiger partial charge is 0.399 e. The van der Waals surface area contributed by atoms with E-state index in [0.717, 1.165) is 12.1 Å². The molecule has 4 aromatic rings. The molecule has 0 saturated carbocycles. The van der Waals surface area contributed by atoms with Crippen LogP contribution in [0.1, 0.15) is 15.9 Å². The molecule has 46 heavy (non-hydrogen) atoms. The van der Waals surface area contributed by atoms with Gasteiger partial charge in [-0.3, -0.25) is 19.3 Å². The van der Waals surface area contributed by atoms with Crippen molar-refractivity contribution in [1.82, 2.24) is 0 Å². The predicted octanol–water partition coefficient (Wildman–Crippen LogP) is 5.40. The Morgan fingerprint density at radius 2 is 1.35 bits per heavy atom. The van der Waals surface area contributed by atoms with Crippen molar-refractivity contribution >= 4 is 83.3 Å². The monoisotopic (exact) mass is 661 g/mol. The summed E-state index contributed by atoms with van der Waals surface area (Å²) in [5, 5.41) is 19.9. The van der Waals surface area contributed by atoms with Gasteiger partial charge in [-0.05, 0) is 72.3 Å². The quantitative estimate of drug-likeness (QED) is 0.0601. The lowest BCUT2D eigenvalue weighted by molar-refractivity contribution is 0.106. The van der Waals surface area contributed by atoms with Gasteiger partial charge in [-0.25, -0.2) is 0 Å². The molecule has 0 radical (unpaired) electrons. The van der Waals surface area contributed by atoms with Crippen LogP contribution >= 0.6 is 0 Å². The topological polar surface area (TPSA) is 278 Å². The van der Waals surface area contributed by atoms with Crippen molar-refractivity contribution in [2.45, 2.75) is 4.90 Å². The summed E-state index contributed by atoms with van der Waals surface area (Å²) in [7, 11) is -10.1. The van der Waals surface area contributed by atoms with Crippen molar-refractivity contribution in [3.63, 3.8) is 0 Å². The van der Waals surface area contributed by atoms with Crippen molar-refractivity contribution in [2.24, 2.45) is 25.6 Å². The van der Waals surface area contributed by atoms with Crippen molar-refractivity contribution in [1.29, 1.82) is 0 Å². The summed E-state index contributed by atoms with van der Waals surface area (Å²) in [5.74, 6) is -1.08. The third-order valence-corrected chi connectivity index (χ3v) is 8.10. The Balaban J connectivity index is 1.53. The SMILES string of the molecule is Nc1ccc(N=Nc2ccc(N=Nc3c(S(=O)(=O)O)cc4c(c3N)C(=O)/C(=N\Nc3ccccc3)C(S(=O)(=O)O)=C4)cc2)c(N)c1. The van der Waals surface area contributed by atoms with E-state index in [1.165, 1.54) is 30.3 Å². The number of benzene rings is 4. The van der Waals surface area contributed by atoms with Crippen molar-refractivity contribution < 1.29 is 30.7 Å². The molecular weight excluding hydrogens is 638 g/mol. The normalized spacial score (nSPS) is 14.5. The summed E-state index contributed by atoms with van der Waals surface area (Å²) in [5.41, 5.74) is 19.9. The Morgan fingerprint density at radius 1 is 0.717 bits per heavy atom. The van der Waals surface area contributed by atoms with Gasteiger partial charge < -0.3 is 17.2 Å². The maximum Gasteiger partial charge on any atom is 0.296 e. The number of nitrogens with one attached hydrogen (secondary N) is 1. The van der Waals surface area contributed by atoms with Crippen LogP contribution in [0.25, 0.3) is 6.08 Å². The number of nitrogen functional groups attached to an aromatic ring is 3. The summed E-state index contributed by atoms with van der Waals surface area (Å²) < 4.78 is 68.8. The van der Waals surface area contributed by atoms with Gasteiger partial charge in [0.1, 0.15) is 21.2 Å². The van der Waals surface area contributed by atoms with Crippen LogP contribution in [0.4, 0.5) is 45.5 Å². The smallest absolute Gasteiger partial charge is 0.296 e. The summed E-state index contributed by atoms with van der Waals surface area (Å²) in [6.07, 6.45) is 0.800. The molecule has 0 atom stereocenters. The van der Waals surface area contributed by atoms with Crippen molar-refractivity contribution in [2.75, 3.05) is 22.6 Å². The Kier molecular flexibility index (Phi) is 8.44. The van der Waals surface area contributed by atoms with E-state index in [1.54, 1.807) is 42.5 Å². The average molecular weight is 662 g/mol. The van der Waals surface area contributed by atoms with E-state index in [0.29, 0.717) is 28.4 Å². The first-order valence-electron chi connectivity index (χ1n) is 12.9. The summed E-state index contributed by atoms with van der Waals surface area (Å²) >= 11 is 0. The zero-order valence-electron chi connectivity index (χ0n) is 23.3. The van der Waals surface area contributed by atoms with E-state index >= 15 is 0 Å². The molecule has 0 saturated heterocycles. The van der Waals surface area contributed by atoms with E-state index < -0.39 is 52.9 Å². The number of hydrogen-bond donors (Lipinski definition) is 6. The second-order valence-corrected chi connectivity index (χ2v) is 12.3. The zero-order valence-corrected chi connectivity index (χ0v) is 24.9. The summed E-state index contributed by atoms with van der Waals surface area (Å²) in [6, 6.07) is 19.7. The van der Waals surface area contributed by atoms with E-state index in [9.17, 15) is 30.7 Å². The molecule has 0 heterocycles. The number of hydrogen-bond acceptors (Lipinski definition) is 14. The van der Waals surface area contributed by atoms with Crippen LogP contribution in [-0.2, 0) is 20.2 Å². The molecule has 1 aliphatic rings. The first kappa shape index (κ1) is 31.6. The van der Waals surface area contributed by atoms with Gasteiger partial charge >= 0.3 is 0 Å². The highest BCUT2D eigenvalue weighted by atomic mass is 32.2. The van der Waals surface area contributed by atoms with Crippen LogP contribution in [0, 0.1) is 0 Å². The molecule has 4 aromatic carbocycles. The molecule has 5 rings (SSSR count). The summed E-state index contributed by atoms with van der Waals surface area (Å²) in [6.45, 7) is 0. The Hall–Kier alpha value is -5.82. The van der Waals surface area contributed by atoms with Gasteiger partial charge in [0.25, 0.3) is 20.2 Å². The third kappa shape index (κ3) is 6.79. The Morgan fingerprint density at radius 3 is 1.93 bits per heavy atom. The molecule has 0 fully saturated rings. The fourth-order valence-corrected chi connectivity index (χ4v) is 5.53. The fraction of sp³-hybridized carbons (Fsp3) is 0. The van der Waals surface area contributed by atoms with E-state index in [4.69, 9.17) is 17.2 Å². The molecule has 0 aliphatic heterocycles. The second kappa shape index (κ2) is 12.3. The molecule has 16 nitrogen and oxygen atoms in total. The molecule has 1 aliphatic carbocycles. The maximum atomic E-state index is 13.6. The lowest BCUT2D eigenvalue weighted by atomic mass is 9.92. The number of ketones is 1. The number of para-hydroxylation sites is 1. The maximum absolute atomic E-state index is 13.6. The van der Waals surface area contributed by atoms with Gasteiger partial charge in [-0.15, -0.1) is 10.2 Å². The number of azo groups is 2. The van der Waals surface area contributed by atoms with Gasteiger partial charge in [-0.1, -0.05) is 18.2 Å². The number of nitrogens with two attached hydrogens (primary N) is 3.